The van der Waals surface area contributed by atoms with Gasteiger partial charge in [-0.1, -0.05) is 21.6 Å². The molecular weight excluding hydrogens is 328 g/mol. The van der Waals surface area contributed by atoms with Crippen LogP contribution in [0.25, 0.3) is 0 Å². The second-order valence-electron chi connectivity index (χ2n) is 3.25. The van der Waals surface area contributed by atoms with Gasteiger partial charge in [-0.3, -0.25) is 9.11 Å². The van der Waals surface area contributed by atoms with Crippen LogP contribution in [0.3, 0.4) is 0 Å². The van der Waals surface area contributed by atoms with Gasteiger partial charge >= 0.3 is 0 Å². The van der Waals surface area contributed by atoms with Gasteiger partial charge in [0, 0.05) is 0 Å². The van der Waals surface area contributed by atoms with Crippen LogP contribution in [0.4, 0.5) is 0 Å². The molecule has 0 saturated carbocycles. The molecule has 12 heteroatoms. The highest BCUT2D eigenvalue weighted by Gasteiger charge is 2.16. The SMILES string of the molecule is O=S(=O)(O)CCC(O)SSC(O)CCS(=O)(=O)O. The van der Waals surface area contributed by atoms with Gasteiger partial charge in [-0.05, 0) is 12.8 Å². The molecule has 0 radical (unpaired) electrons. The molecule has 0 aliphatic heterocycles. The van der Waals surface area contributed by atoms with Crippen molar-refractivity contribution >= 4 is 41.8 Å². The predicted octanol–water partition coefficient (Wildman–Crippen LogP) is -0.440. The Hall–Kier alpha value is 0.440. The molecule has 8 nitrogen and oxygen atoms in total. The third-order valence-electron chi connectivity index (χ3n) is 1.52. The molecule has 110 valence electrons. The van der Waals surface area contributed by atoms with E-state index in [0.717, 1.165) is 21.6 Å². The minimum Gasteiger partial charge on any atom is -0.382 e. The standard InChI is InChI=1S/C6H14O8S4/c7-5(1-3-17(9,10)11)15-16-6(8)2-4-18(12,13)14/h5-8H,1-4H2,(H,9,10,11)(H,12,13,14). The summed E-state index contributed by atoms with van der Waals surface area (Å²) in [7, 11) is -6.80. The Kier molecular flexibility index (Phi) is 8.08. The van der Waals surface area contributed by atoms with Crippen LogP contribution < -0.4 is 0 Å². The lowest BCUT2D eigenvalue weighted by Gasteiger charge is -2.12. The van der Waals surface area contributed by atoms with Crippen molar-refractivity contribution in [2.45, 2.75) is 23.7 Å². The Morgan fingerprint density at radius 2 is 1.06 bits per heavy atom. The van der Waals surface area contributed by atoms with Crippen molar-refractivity contribution in [1.29, 1.82) is 0 Å². The summed E-state index contributed by atoms with van der Waals surface area (Å²) in [6.45, 7) is 0. The van der Waals surface area contributed by atoms with Gasteiger partial charge in [0.15, 0.2) is 0 Å². The van der Waals surface area contributed by atoms with E-state index in [-0.39, 0.29) is 12.8 Å². The van der Waals surface area contributed by atoms with Crippen LogP contribution in [0, 0.1) is 0 Å². The van der Waals surface area contributed by atoms with Crippen molar-refractivity contribution in [2.24, 2.45) is 0 Å². The Labute approximate surface area is 113 Å². The topological polar surface area (TPSA) is 149 Å². The first-order valence-electron chi connectivity index (χ1n) is 4.58. The Balaban J connectivity index is 3.81. The molecule has 4 N–H and O–H groups in total. The summed E-state index contributed by atoms with van der Waals surface area (Å²) in [6, 6.07) is 0. The van der Waals surface area contributed by atoms with Crippen LogP contribution in [-0.4, -0.2) is 58.5 Å². The zero-order chi connectivity index (χ0) is 14.4. The second kappa shape index (κ2) is 7.89. The van der Waals surface area contributed by atoms with Gasteiger partial charge in [0.05, 0.1) is 11.5 Å². The Morgan fingerprint density at radius 3 is 1.28 bits per heavy atom. The van der Waals surface area contributed by atoms with E-state index >= 15 is 0 Å². The molecule has 2 atom stereocenters. The number of aliphatic hydroxyl groups is 2. The molecule has 0 fully saturated rings. The van der Waals surface area contributed by atoms with Crippen molar-refractivity contribution in [3.63, 3.8) is 0 Å². The van der Waals surface area contributed by atoms with E-state index in [1.165, 1.54) is 0 Å². The summed E-state index contributed by atoms with van der Waals surface area (Å²) < 4.78 is 58.3. The van der Waals surface area contributed by atoms with Gasteiger partial charge in [-0.15, -0.1) is 0 Å². The Morgan fingerprint density at radius 1 is 0.778 bits per heavy atom. The molecule has 0 amide bonds. The van der Waals surface area contributed by atoms with Crippen molar-refractivity contribution in [1.82, 2.24) is 0 Å². The van der Waals surface area contributed by atoms with Gasteiger partial charge in [-0.25, -0.2) is 0 Å². The highest BCUT2D eigenvalue weighted by molar-refractivity contribution is 8.77. The first-order chi connectivity index (χ1) is 7.99. The van der Waals surface area contributed by atoms with E-state index in [9.17, 15) is 27.0 Å². The van der Waals surface area contributed by atoms with Gasteiger partial charge < -0.3 is 10.2 Å². The first-order valence-corrected chi connectivity index (χ1v) is 10.1. The largest absolute Gasteiger partial charge is 0.382 e. The fourth-order valence-electron chi connectivity index (χ4n) is 0.724. The smallest absolute Gasteiger partial charge is 0.264 e. The zero-order valence-electron chi connectivity index (χ0n) is 9.04. The summed E-state index contributed by atoms with van der Waals surface area (Å²) in [4.78, 5) is 0. The van der Waals surface area contributed by atoms with Crippen LogP contribution >= 0.6 is 21.6 Å². The van der Waals surface area contributed by atoms with E-state index in [0.29, 0.717) is 0 Å². The minimum atomic E-state index is -4.14. The van der Waals surface area contributed by atoms with Crippen LogP contribution in [0.15, 0.2) is 0 Å². The van der Waals surface area contributed by atoms with Crippen molar-refractivity contribution in [3.05, 3.63) is 0 Å². The maximum absolute atomic E-state index is 10.4. The first kappa shape index (κ1) is 18.4. The molecule has 18 heavy (non-hydrogen) atoms. The predicted molar refractivity (Wildman–Crippen MR) is 69.3 cm³/mol. The normalized spacial score (nSPS) is 16.4. The maximum Gasteiger partial charge on any atom is 0.264 e. The number of rotatable bonds is 9. The molecule has 0 aromatic carbocycles. The average Bonchev–Trinajstić information content (AvgIpc) is 2.18. The van der Waals surface area contributed by atoms with Gasteiger partial charge in [0.2, 0.25) is 0 Å². The maximum atomic E-state index is 10.4. The van der Waals surface area contributed by atoms with Crippen molar-refractivity contribution < 1.29 is 36.2 Å². The van der Waals surface area contributed by atoms with E-state index in [1.807, 2.05) is 0 Å². The molecule has 0 saturated heterocycles. The van der Waals surface area contributed by atoms with Crippen LogP contribution in [0.2, 0.25) is 0 Å². The second-order valence-corrected chi connectivity index (χ2v) is 9.02. The van der Waals surface area contributed by atoms with E-state index < -0.39 is 42.6 Å². The molecule has 0 rings (SSSR count). The number of hydrogen-bond donors (Lipinski definition) is 4. The molecule has 0 aromatic rings. The van der Waals surface area contributed by atoms with Gasteiger partial charge in [0.1, 0.15) is 10.9 Å². The third kappa shape index (κ3) is 12.9. The molecular formula is C6H14O8S4. The van der Waals surface area contributed by atoms with Crippen molar-refractivity contribution in [2.75, 3.05) is 11.5 Å². The fourth-order valence-corrected chi connectivity index (χ4v) is 4.10. The molecule has 0 spiro atoms. The van der Waals surface area contributed by atoms with Gasteiger partial charge in [0.25, 0.3) is 20.2 Å². The van der Waals surface area contributed by atoms with Crippen LogP contribution in [-0.2, 0) is 20.2 Å². The number of aliphatic hydroxyl groups excluding tert-OH is 2. The Bertz CT molecular complexity index is 387. The average molecular weight is 342 g/mol. The molecule has 0 heterocycles. The van der Waals surface area contributed by atoms with E-state index in [4.69, 9.17) is 9.11 Å². The van der Waals surface area contributed by atoms with Crippen molar-refractivity contribution in [3.8, 4) is 0 Å². The fraction of sp³-hybridized carbons (Fsp3) is 1.00. The molecule has 2 unspecified atom stereocenters. The third-order valence-corrected chi connectivity index (χ3v) is 5.72. The van der Waals surface area contributed by atoms with E-state index in [1.54, 1.807) is 0 Å². The number of hydrogen-bond acceptors (Lipinski definition) is 8. The molecule has 0 bridgehead atoms. The summed E-state index contributed by atoms with van der Waals surface area (Å²) in [5, 5.41) is 18.6. The minimum absolute atomic E-state index is 0.221. The summed E-state index contributed by atoms with van der Waals surface area (Å²) in [5.41, 5.74) is -2.25. The lowest BCUT2D eigenvalue weighted by atomic mass is 10.5. The lowest BCUT2D eigenvalue weighted by Crippen LogP contribution is -2.13. The monoisotopic (exact) mass is 342 g/mol. The summed E-state index contributed by atoms with van der Waals surface area (Å²) in [6.07, 6.45) is -0.441. The van der Waals surface area contributed by atoms with Crippen LogP contribution in [0.1, 0.15) is 12.8 Å². The van der Waals surface area contributed by atoms with E-state index in [2.05, 4.69) is 0 Å². The quantitative estimate of drug-likeness (QED) is 0.247. The molecule has 0 aliphatic carbocycles. The van der Waals surface area contributed by atoms with Crippen LogP contribution in [0.5, 0.6) is 0 Å². The highest BCUT2D eigenvalue weighted by Crippen LogP contribution is 2.31. The zero-order valence-corrected chi connectivity index (χ0v) is 12.3. The molecule has 0 aromatic heterocycles. The molecule has 0 aliphatic rings. The lowest BCUT2D eigenvalue weighted by molar-refractivity contribution is 0.256. The highest BCUT2D eigenvalue weighted by atomic mass is 33.1. The summed E-state index contributed by atoms with van der Waals surface area (Å²) >= 11 is 0. The van der Waals surface area contributed by atoms with Gasteiger partial charge in [-0.2, -0.15) is 16.8 Å². The summed E-state index contributed by atoms with van der Waals surface area (Å²) in [5.74, 6) is -1.22.